The summed E-state index contributed by atoms with van der Waals surface area (Å²) in [7, 11) is 9.99. The van der Waals surface area contributed by atoms with E-state index in [9.17, 15) is 0 Å². The fraction of sp³-hybridized carbons (Fsp3) is 0.443. The Bertz CT molecular complexity index is 4610. The van der Waals surface area contributed by atoms with Gasteiger partial charge in [0.25, 0.3) is 0 Å². The van der Waals surface area contributed by atoms with Crippen molar-refractivity contribution >= 4 is 68.2 Å². The van der Waals surface area contributed by atoms with E-state index >= 15 is 0 Å². The molecule has 1 aliphatic heterocycles. The average molecular weight is 2040 g/mol. The number of nitrogens with zero attached hydrogens (tertiary/aromatic N) is 9. The van der Waals surface area contributed by atoms with Crippen molar-refractivity contribution in [3.8, 4) is 0 Å². The third kappa shape index (κ3) is 39.0. The van der Waals surface area contributed by atoms with E-state index in [1.165, 1.54) is 145 Å². The van der Waals surface area contributed by atoms with Crippen LogP contribution in [-0.4, -0.2) is 134 Å². The molecule has 16 rings (SSSR count). The molecule has 0 radical (unpaired) electrons. The van der Waals surface area contributed by atoms with E-state index in [-0.39, 0.29) is 155 Å². The van der Waals surface area contributed by atoms with Gasteiger partial charge in [0.1, 0.15) is 0 Å². The summed E-state index contributed by atoms with van der Waals surface area (Å²) >= 11 is 0. The van der Waals surface area contributed by atoms with Gasteiger partial charge in [0.2, 0.25) is 0 Å². The Kier molecular flexibility index (Phi) is 58.1. The van der Waals surface area contributed by atoms with E-state index in [1.807, 2.05) is 129 Å². The summed E-state index contributed by atoms with van der Waals surface area (Å²) in [6, 6.07) is 74.3. The van der Waals surface area contributed by atoms with E-state index in [0.29, 0.717) is 34.8 Å². The van der Waals surface area contributed by atoms with Gasteiger partial charge in [-0.2, -0.15) is 74.2 Å². The standard InChI is InChI=1S/C27H34NSi.C25H30NSi.C15H29N2.C15H26NSi.4C9H12N.4CH3.4Sc/c1-20-10-15-23(16-11-20)29(28-27(3,4)5,24-17-12-21(2)13-18-24)26-19-14-22-8-6-7-9-25(22)26;1-25(2,3)26-27(21-13-6-4-7-14-21,22-15-8-5-9-16-22)24-19-18-20-12-10-11-17-23(20)24;1-15(2,3)16-9-8-13-6-7-14(12-13)17-10-4-5-11-17;1-15(2,3)16-17(4,5)14-11-10-12-8-6-7-9-13(12)14;4*1-8-6-4-5-7-9(8)10(2)3;;;;;;;;/h6-13,15-18,22,25-26H,14,19H2,1-5H3;4-17,20,23-24H,18-19H2,1-3H3;13-14H,4-12H2,1-3H3;6-9,12-14H,10-11H2,1-5H3;4*4-7H,1H2,2-3H3;4*1H3;;;;/q12*-1;4*+3. The van der Waals surface area contributed by atoms with Crippen molar-refractivity contribution in [3.05, 3.63) is 390 Å². The van der Waals surface area contributed by atoms with Crippen LogP contribution < -0.4 is 40.3 Å². The van der Waals surface area contributed by atoms with Gasteiger partial charge in [0.05, 0.1) is 0 Å². The molecule has 11 atom stereocenters. The summed E-state index contributed by atoms with van der Waals surface area (Å²) in [6.07, 6.45) is 44.5. The summed E-state index contributed by atoms with van der Waals surface area (Å²) in [5.41, 5.74) is 13.9. The van der Waals surface area contributed by atoms with Crippen molar-refractivity contribution < 1.29 is 103 Å². The maximum Gasteiger partial charge on any atom is 3.00 e. The first-order chi connectivity index (χ1) is 61.5. The first kappa shape index (κ1) is 131. The molecule has 9 nitrogen and oxygen atoms in total. The quantitative estimate of drug-likeness (QED) is 0.0632. The maximum absolute atomic E-state index is 5.79. The average Bonchev–Trinajstić information content (AvgIpc) is 1.41. The van der Waals surface area contributed by atoms with Gasteiger partial charge < -0.3 is 74.5 Å². The minimum Gasteiger partial charge on any atom is -0.660 e. The van der Waals surface area contributed by atoms with Crippen LogP contribution in [0.5, 0.6) is 0 Å². The Morgan fingerprint density at radius 3 is 0.884 bits per heavy atom. The number of anilines is 4. The van der Waals surface area contributed by atoms with Crippen LogP contribution >= 0.6 is 0 Å². The molecule has 0 aromatic heterocycles. The number of hydrogen-bond acceptors (Lipinski definition) is 5. The van der Waals surface area contributed by atoms with Gasteiger partial charge in [-0.15, -0.1) is 53.0 Å². The zero-order valence-electron chi connectivity index (χ0n) is 91.2. The predicted molar refractivity (Wildman–Crippen MR) is 608 cm³/mol. The number of benzene rings is 8. The molecule has 138 heavy (non-hydrogen) atoms. The normalized spacial score (nSPS) is 20.5. The van der Waals surface area contributed by atoms with Crippen molar-refractivity contribution in [1.29, 1.82) is 0 Å². The number of hydrogen-bond donors (Lipinski definition) is 0. The van der Waals surface area contributed by atoms with Crippen LogP contribution in [0.3, 0.4) is 0 Å². The molecule has 736 valence electrons. The zero-order valence-corrected chi connectivity index (χ0v) is 101. The molecular weight excluding hydrogens is 1860 g/mol. The number of para-hydroxylation sites is 4. The molecular formula is C122H179N9Sc4Si3. The molecule has 0 spiro atoms. The van der Waals surface area contributed by atoms with Crippen molar-refractivity contribution in [3.63, 3.8) is 0 Å². The molecule has 7 aliphatic carbocycles. The van der Waals surface area contributed by atoms with Crippen molar-refractivity contribution in [2.24, 2.45) is 41.4 Å². The minimum absolute atomic E-state index is 0. The summed E-state index contributed by atoms with van der Waals surface area (Å²) < 4.78 is 0. The molecule has 0 bridgehead atoms. The van der Waals surface area contributed by atoms with E-state index < -0.39 is 24.7 Å². The molecule has 4 saturated carbocycles. The van der Waals surface area contributed by atoms with Crippen LogP contribution in [-0.2, 0) is 103 Å². The topological polar surface area (TPSA) is 72.6 Å². The Balaban J connectivity index is 0.000000810. The van der Waals surface area contributed by atoms with Crippen LogP contribution in [0, 0.1) is 113 Å². The molecule has 8 aromatic rings. The van der Waals surface area contributed by atoms with Gasteiger partial charge in [0.15, 0.2) is 0 Å². The monoisotopic (exact) mass is 2030 g/mol. The van der Waals surface area contributed by atoms with Crippen LogP contribution in [0.4, 0.5) is 22.7 Å². The summed E-state index contributed by atoms with van der Waals surface area (Å²) in [5.74, 6) is 5.07. The van der Waals surface area contributed by atoms with Crippen LogP contribution in [0.1, 0.15) is 194 Å². The molecule has 11 unspecified atom stereocenters. The van der Waals surface area contributed by atoms with Gasteiger partial charge in [0, 0.05) is 22.5 Å². The molecule has 1 saturated heterocycles. The number of rotatable bonds is 18. The van der Waals surface area contributed by atoms with E-state index in [0.717, 1.165) is 58.1 Å². The van der Waals surface area contributed by atoms with Gasteiger partial charge in [-0.3, -0.25) is 0 Å². The van der Waals surface area contributed by atoms with Gasteiger partial charge in [-0.1, -0.05) is 421 Å². The summed E-state index contributed by atoms with van der Waals surface area (Å²) in [4.78, 5) is 27.7. The number of likely N-dealkylation sites (tertiary alicyclic amines) is 1. The second-order valence-electron chi connectivity index (χ2n) is 43.1. The fourth-order valence-electron chi connectivity index (χ4n) is 21.4. The molecule has 0 amide bonds. The van der Waals surface area contributed by atoms with E-state index in [4.69, 9.17) is 20.3 Å². The second kappa shape index (κ2) is 61.3. The molecule has 1 heterocycles. The molecule has 0 N–H and O–H groups in total. The Labute approximate surface area is 926 Å². The smallest absolute Gasteiger partial charge is 0.660 e. The summed E-state index contributed by atoms with van der Waals surface area (Å²) in [5, 5.41) is 10.6. The van der Waals surface area contributed by atoms with Gasteiger partial charge in [-0.25, -0.2) is 0 Å². The predicted octanol–water partition coefficient (Wildman–Crippen LogP) is 29.7. The molecule has 5 fully saturated rings. The third-order valence-corrected chi connectivity index (χ3v) is 41.1. The van der Waals surface area contributed by atoms with E-state index in [1.54, 1.807) is 0 Å². The number of aryl methyl sites for hydroxylation is 2. The third-order valence-electron chi connectivity index (χ3n) is 26.9. The Morgan fingerprint density at radius 2 is 0.601 bits per heavy atom. The fourth-order valence-corrected chi connectivity index (χ4v) is 36.6. The first-order valence-electron chi connectivity index (χ1n) is 48.8. The van der Waals surface area contributed by atoms with E-state index in [2.05, 4.69) is 369 Å². The molecule has 8 aliphatic rings. The van der Waals surface area contributed by atoms with Crippen molar-refractivity contribution in [1.82, 2.24) is 4.90 Å². The second-order valence-corrected chi connectivity index (χ2v) is 54.7. The number of allylic oxidation sites excluding steroid dienone is 12. The van der Waals surface area contributed by atoms with Crippen molar-refractivity contribution in [2.75, 3.05) is 95.6 Å². The van der Waals surface area contributed by atoms with Crippen LogP contribution in [0.15, 0.2) is 279 Å². The summed E-state index contributed by atoms with van der Waals surface area (Å²) in [6.45, 7) is 55.6. The zero-order chi connectivity index (χ0) is 94.8. The maximum atomic E-state index is 5.79. The number of fused-ring (bicyclic) bond motifs is 3. The first-order valence-corrected chi connectivity index (χ1v) is 55.9. The minimum atomic E-state index is -2.36. The van der Waals surface area contributed by atoms with Crippen LogP contribution in [0.25, 0.3) is 20.3 Å². The Morgan fingerprint density at radius 1 is 0.326 bits per heavy atom. The molecule has 8 aromatic carbocycles. The van der Waals surface area contributed by atoms with Crippen molar-refractivity contribution in [2.45, 2.75) is 232 Å². The molecule has 16 heteroatoms. The van der Waals surface area contributed by atoms with Gasteiger partial charge >= 0.3 is 103 Å². The SMILES string of the molecule is CC(C)(C)[N-]CCC1CCC(N2CCCC2)C1.CC(C)(C)[N-][Si](C)(C)C1CCC2C=CC=CC21.CC(C)(C)[N-][Si](c1ccccc1)(c1ccccc1)C1CCC2C=CC=CC21.Cc1ccc([Si]([N-]C(C)(C)C)(c2ccc(C)cc2)C2CCC3C=CC=CC32)cc1.[CH2-]c1ccccc1N(C)C.[CH2-]c1ccccc1N(C)C.[CH2-]c1ccccc1N(C)C.[CH2-]c1ccccc1N(C)C.[CH3-].[CH3-].[CH3-].[CH3-].[Sc+3].[Sc+3].[Sc+3].[Sc+3]. The Hall–Kier alpha value is -5.19. The largest absolute Gasteiger partial charge is 3.00 e. The van der Waals surface area contributed by atoms with Gasteiger partial charge in [-0.05, 0) is 187 Å². The van der Waals surface area contributed by atoms with Crippen LogP contribution in [0.2, 0.25) is 29.7 Å².